The van der Waals surface area contributed by atoms with Gasteiger partial charge in [0.1, 0.15) is 0 Å². The van der Waals surface area contributed by atoms with E-state index in [0.717, 1.165) is 12.8 Å². The third-order valence-electron chi connectivity index (χ3n) is 3.02. The van der Waals surface area contributed by atoms with Gasteiger partial charge >= 0.3 is 0 Å². The monoisotopic (exact) mass is 204 g/mol. The molecule has 0 bridgehead atoms. The second kappa shape index (κ2) is 5.34. The van der Waals surface area contributed by atoms with E-state index in [9.17, 15) is 0 Å². The van der Waals surface area contributed by atoms with E-state index in [1.165, 1.54) is 24.0 Å². The molecule has 0 radical (unpaired) electrons. The molecule has 0 N–H and O–H groups in total. The van der Waals surface area contributed by atoms with Crippen molar-refractivity contribution >= 4 is 0 Å². The summed E-state index contributed by atoms with van der Waals surface area (Å²) in [5.74, 6) is 0. The molecule has 0 unspecified atom stereocenters. The van der Waals surface area contributed by atoms with Gasteiger partial charge < -0.3 is 0 Å². The Morgan fingerprint density at radius 2 is 1.80 bits per heavy atom. The van der Waals surface area contributed by atoms with Crippen LogP contribution in [0.3, 0.4) is 0 Å². The zero-order valence-electron chi connectivity index (χ0n) is 10.6. The van der Waals surface area contributed by atoms with Gasteiger partial charge in [-0.3, -0.25) is 0 Å². The van der Waals surface area contributed by atoms with E-state index >= 15 is 0 Å². The molecule has 0 fully saturated rings. The fraction of sp³-hybridized carbons (Fsp3) is 0.600. The van der Waals surface area contributed by atoms with Gasteiger partial charge in [0.05, 0.1) is 0 Å². The van der Waals surface area contributed by atoms with Crippen molar-refractivity contribution in [3.8, 4) is 0 Å². The van der Waals surface area contributed by atoms with Crippen LogP contribution in [0.2, 0.25) is 0 Å². The highest BCUT2D eigenvalue weighted by Crippen LogP contribution is 2.25. The normalized spacial score (nSPS) is 31.7. The maximum absolute atomic E-state index is 2.40. The highest BCUT2D eigenvalue weighted by molar-refractivity contribution is 5.12. The number of rotatable bonds is 0. The molecule has 0 aromatic rings. The average Bonchev–Trinajstić information content (AvgIpc) is 2.15. The van der Waals surface area contributed by atoms with Gasteiger partial charge in [-0.05, 0) is 44.9 Å². The molecule has 84 valence electrons. The summed E-state index contributed by atoms with van der Waals surface area (Å²) < 4.78 is 0. The predicted octanol–water partition coefficient (Wildman–Crippen LogP) is 5.04. The summed E-state index contributed by atoms with van der Waals surface area (Å²) in [6.45, 7) is 9.10. The van der Waals surface area contributed by atoms with Gasteiger partial charge in [-0.2, -0.15) is 0 Å². The van der Waals surface area contributed by atoms with Crippen LogP contribution >= 0.6 is 0 Å². The summed E-state index contributed by atoms with van der Waals surface area (Å²) in [6.07, 6.45) is 14.1. The van der Waals surface area contributed by atoms with Crippen molar-refractivity contribution < 1.29 is 0 Å². The molecule has 1 rings (SSSR count). The van der Waals surface area contributed by atoms with Crippen molar-refractivity contribution in [1.29, 1.82) is 0 Å². The molecule has 0 aromatic heterocycles. The second-order valence-electron chi connectivity index (χ2n) is 5.44. The molecule has 15 heavy (non-hydrogen) atoms. The lowest BCUT2D eigenvalue weighted by Crippen LogP contribution is -2.05. The van der Waals surface area contributed by atoms with E-state index in [0.29, 0.717) is 5.41 Å². The molecule has 0 amide bonds. The minimum atomic E-state index is 0.311. The van der Waals surface area contributed by atoms with Crippen LogP contribution in [-0.2, 0) is 0 Å². The van der Waals surface area contributed by atoms with Crippen molar-refractivity contribution in [1.82, 2.24) is 0 Å². The Labute approximate surface area is 94.8 Å². The quantitative estimate of drug-likeness (QED) is 0.485. The zero-order valence-corrected chi connectivity index (χ0v) is 10.6. The largest absolute Gasteiger partial charge is 0.0850 e. The van der Waals surface area contributed by atoms with Crippen molar-refractivity contribution in [2.75, 3.05) is 0 Å². The van der Waals surface area contributed by atoms with Gasteiger partial charge in [0.25, 0.3) is 0 Å². The third kappa shape index (κ3) is 5.01. The highest BCUT2D eigenvalue weighted by atomic mass is 14.2. The number of allylic oxidation sites excluding steroid dienone is 6. The molecule has 0 saturated carbocycles. The van der Waals surface area contributed by atoms with Crippen molar-refractivity contribution in [2.45, 2.75) is 53.4 Å². The smallest absolute Gasteiger partial charge is 0.0140 e. The standard InChI is InChI=1S/C15H24/c1-13-7-5-8-14(2)10-12-15(3,4)11-6-9-13/h6-7,10-11H,5,8-9,12H2,1-4H3/b11-6-,13-7+,14-10+. The molecule has 0 aliphatic heterocycles. The lowest BCUT2D eigenvalue weighted by molar-refractivity contribution is 0.486. The van der Waals surface area contributed by atoms with E-state index in [1.807, 2.05) is 0 Å². The molecule has 0 nitrogen and oxygen atoms in total. The van der Waals surface area contributed by atoms with Crippen molar-refractivity contribution in [3.63, 3.8) is 0 Å². The van der Waals surface area contributed by atoms with E-state index in [4.69, 9.17) is 0 Å². The van der Waals surface area contributed by atoms with E-state index in [2.05, 4.69) is 52.0 Å². The molecule has 0 spiro atoms. The summed E-state index contributed by atoms with van der Waals surface area (Å²) >= 11 is 0. The lowest BCUT2D eigenvalue weighted by Gasteiger charge is -2.18. The van der Waals surface area contributed by atoms with Crippen LogP contribution in [0, 0.1) is 5.41 Å². The molecule has 0 aromatic carbocycles. The minimum absolute atomic E-state index is 0.311. The van der Waals surface area contributed by atoms with Crippen molar-refractivity contribution in [3.05, 3.63) is 35.5 Å². The average molecular weight is 204 g/mol. The van der Waals surface area contributed by atoms with Gasteiger partial charge in [0, 0.05) is 0 Å². The SMILES string of the molecule is C/C1=C\CC/C(C)=C/CC(C)(C)/C=C\C1. The first-order valence-electron chi connectivity index (χ1n) is 5.98. The molecule has 0 saturated heterocycles. The minimum Gasteiger partial charge on any atom is -0.0850 e. The topological polar surface area (TPSA) is 0 Å². The molecule has 0 heterocycles. The fourth-order valence-corrected chi connectivity index (χ4v) is 1.80. The Morgan fingerprint density at radius 1 is 1.07 bits per heavy atom. The van der Waals surface area contributed by atoms with E-state index in [-0.39, 0.29) is 0 Å². The van der Waals surface area contributed by atoms with Crippen LogP contribution in [0.5, 0.6) is 0 Å². The summed E-state index contributed by atoms with van der Waals surface area (Å²) in [6, 6.07) is 0. The summed E-state index contributed by atoms with van der Waals surface area (Å²) in [4.78, 5) is 0. The molecule has 0 heteroatoms. The van der Waals surface area contributed by atoms with E-state index < -0.39 is 0 Å². The van der Waals surface area contributed by atoms with Gasteiger partial charge in [0.15, 0.2) is 0 Å². The molecular weight excluding hydrogens is 180 g/mol. The van der Waals surface area contributed by atoms with Gasteiger partial charge in [-0.1, -0.05) is 49.3 Å². The van der Waals surface area contributed by atoms with Gasteiger partial charge in [-0.15, -0.1) is 0 Å². The van der Waals surface area contributed by atoms with Crippen LogP contribution in [0.15, 0.2) is 35.5 Å². The second-order valence-corrected chi connectivity index (χ2v) is 5.44. The summed E-state index contributed by atoms with van der Waals surface area (Å²) in [7, 11) is 0. The van der Waals surface area contributed by atoms with E-state index in [1.54, 1.807) is 0 Å². The number of hydrogen-bond acceptors (Lipinski definition) is 0. The maximum atomic E-state index is 2.40. The zero-order chi connectivity index (χ0) is 11.3. The molecule has 1 aliphatic rings. The van der Waals surface area contributed by atoms with Crippen LogP contribution in [0.4, 0.5) is 0 Å². The summed E-state index contributed by atoms with van der Waals surface area (Å²) in [5, 5.41) is 0. The van der Waals surface area contributed by atoms with Crippen LogP contribution < -0.4 is 0 Å². The molecule has 0 atom stereocenters. The first-order valence-corrected chi connectivity index (χ1v) is 5.98. The van der Waals surface area contributed by atoms with Gasteiger partial charge in [0.2, 0.25) is 0 Å². The van der Waals surface area contributed by atoms with Crippen LogP contribution in [0.25, 0.3) is 0 Å². The van der Waals surface area contributed by atoms with Crippen LogP contribution in [-0.4, -0.2) is 0 Å². The Morgan fingerprint density at radius 3 is 2.53 bits per heavy atom. The molecular formula is C15H24. The summed E-state index contributed by atoms with van der Waals surface area (Å²) in [5.41, 5.74) is 3.34. The Kier molecular flexibility index (Phi) is 4.38. The lowest BCUT2D eigenvalue weighted by atomic mass is 9.87. The predicted molar refractivity (Wildman–Crippen MR) is 68.9 cm³/mol. The first-order chi connectivity index (χ1) is 6.99. The first kappa shape index (κ1) is 12.3. The Balaban J connectivity index is 2.79. The fourth-order valence-electron chi connectivity index (χ4n) is 1.80. The highest BCUT2D eigenvalue weighted by Gasteiger charge is 2.11. The Hall–Kier alpha value is -0.780. The van der Waals surface area contributed by atoms with Crippen LogP contribution in [0.1, 0.15) is 53.4 Å². The third-order valence-corrected chi connectivity index (χ3v) is 3.02. The maximum Gasteiger partial charge on any atom is -0.0140 e. The Bertz CT molecular complexity index is 287. The van der Waals surface area contributed by atoms with Crippen molar-refractivity contribution in [2.24, 2.45) is 5.41 Å². The number of hydrogen-bond donors (Lipinski definition) is 0. The van der Waals surface area contributed by atoms with Gasteiger partial charge in [-0.25, -0.2) is 0 Å². The molecule has 1 aliphatic carbocycles.